The highest BCUT2D eigenvalue weighted by Gasteiger charge is 2.18. The van der Waals surface area contributed by atoms with E-state index in [2.05, 4.69) is 73.9 Å². The number of nitrogens with zero attached hydrogens (tertiary/aromatic N) is 3. The zero-order chi connectivity index (χ0) is 13.4. The van der Waals surface area contributed by atoms with Gasteiger partial charge in [0, 0.05) is 8.95 Å². The van der Waals surface area contributed by atoms with Gasteiger partial charge in [-0.15, -0.1) is 0 Å². The number of aliphatic hydroxyl groups is 1. The van der Waals surface area contributed by atoms with Gasteiger partial charge in [-0.05, 0) is 70.1 Å². The molecule has 0 aliphatic heterocycles. The smallest absolute Gasteiger partial charge is 0.129 e. The van der Waals surface area contributed by atoms with Gasteiger partial charge in [0.25, 0.3) is 0 Å². The molecule has 0 fully saturated rings. The highest BCUT2D eigenvalue weighted by Crippen LogP contribution is 2.42. The van der Waals surface area contributed by atoms with Crippen LogP contribution in [0.1, 0.15) is 13.3 Å². The Labute approximate surface area is 138 Å². The summed E-state index contributed by atoms with van der Waals surface area (Å²) in [5.41, 5.74) is 1.50. The molecule has 0 spiro atoms. The van der Waals surface area contributed by atoms with E-state index in [1.54, 1.807) is 0 Å². The van der Waals surface area contributed by atoms with Crippen LogP contribution < -0.4 is 0 Å². The zero-order valence-electron chi connectivity index (χ0n) is 9.29. The lowest BCUT2D eigenvalue weighted by Crippen LogP contribution is -2.16. The van der Waals surface area contributed by atoms with Gasteiger partial charge < -0.3 is 5.11 Å². The lowest BCUT2D eigenvalue weighted by molar-refractivity contribution is 0.140. The number of hydrogen-bond donors (Lipinski definition) is 1. The van der Waals surface area contributed by atoms with E-state index in [0.717, 1.165) is 28.9 Å². The van der Waals surface area contributed by atoms with Gasteiger partial charge >= 0.3 is 0 Å². The van der Waals surface area contributed by atoms with E-state index in [1.165, 1.54) is 4.80 Å². The molecule has 1 aromatic heterocycles. The number of benzene rings is 1. The van der Waals surface area contributed by atoms with Crippen LogP contribution in [0.3, 0.4) is 0 Å². The van der Waals surface area contributed by atoms with E-state index in [4.69, 9.17) is 0 Å². The van der Waals surface area contributed by atoms with Gasteiger partial charge in [-0.25, -0.2) is 0 Å². The van der Waals surface area contributed by atoms with Crippen molar-refractivity contribution in [1.82, 2.24) is 15.0 Å². The highest BCUT2D eigenvalue weighted by molar-refractivity contribution is 9.15. The minimum Gasteiger partial charge on any atom is -0.391 e. The molecule has 0 radical (unpaired) electrons. The first-order valence-electron chi connectivity index (χ1n) is 5.20. The SMILES string of the molecule is CC[C@@H](O)Cn1nc2c(Br)c(Br)c(Br)c(Br)c2n1. The maximum Gasteiger partial charge on any atom is 0.129 e. The summed E-state index contributed by atoms with van der Waals surface area (Å²) in [7, 11) is 0. The van der Waals surface area contributed by atoms with Gasteiger partial charge in [-0.2, -0.15) is 15.0 Å². The van der Waals surface area contributed by atoms with Crippen molar-refractivity contribution in [3.8, 4) is 0 Å². The van der Waals surface area contributed by atoms with Crippen LogP contribution in [0.25, 0.3) is 11.0 Å². The van der Waals surface area contributed by atoms with Gasteiger partial charge in [0.2, 0.25) is 0 Å². The average molecular weight is 507 g/mol. The fourth-order valence-electron chi connectivity index (χ4n) is 1.44. The molecule has 0 amide bonds. The molecule has 98 valence electrons. The number of rotatable bonds is 3. The first-order chi connectivity index (χ1) is 8.45. The third-order valence-electron chi connectivity index (χ3n) is 2.49. The lowest BCUT2D eigenvalue weighted by atomic mass is 10.3. The number of fused-ring (bicyclic) bond motifs is 1. The van der Waals surface area contributed by atoms with E-state index in [1.807, 2.05) is 6.92 Å². The van der Waals surface area contributed by atoms with Gasteiger partial charge in [0.15, 0.2) is 0 Å². The molecule has 0 saturated heterocycles. The summed E-state index contributed by atoms with van der Waals surface area (Å²) in [4.78, 5) is 1.52. The van der Waals surface area contributed by atoms with E-state index in [-0.39, 0.29) is 0 Å². The highest BCUT2D eigenvalue weighted by atomic mass is 79.9. The van der Waals surface area contributed by atoms with Crippen molar-refractivity contribution in [2.45, 2.75) is 26.0 Å². The predicted octanol–water partition coefficient (Wildman–Crippen LogP) is 4.25. The molecule has 1 aromatic carbocycles. The summed E-state index contributed by atoms with van der Waals surface area (Å²) >= 11 is 13.9. The van der Waals surface area contributed by atoms with Crippen LogP contribution in [0.2, 0.25) is 0 Å². The summed E-state index contributed by atoms with van der Waals surface area (Å²) in [6, 6.07) is 0. The van der Waals surface area contributed by atoms with Crippen LogP contribution in [0.15, 0.2) is 17.9 Å². The number of aliphatic hydroxyl groups excluding tert-OH is 1. The monoisotopic (exact) mass is 503 g/mol. The number of hydrogen-bond acceptors (Lipinski definition) is 3. The topological polar surface area (TPSA) is 50.9 Å². The molecule has 2 rings (SSSR count). The van der Waals surface area contributed by atoms with E-state index >= 15 is 0 Å². The summed E-state index contributed by atoms with van der Waals surface area (Å²) in [5, 5.41) is 18.4. The molecular formula is C10H9Br4N3O. The Balaban J connectivity index is 2.57. The Morgan fingerprint density at radius 2 is 1.44 bits per heavy atom. The second kappa shape index (κ2) is 5.87. The molecule has 1 atom stereocenters. The summed E-state index contributed by atoms with van der Waals surface area (Å²) in [6.45, 7) is 2.31. The Bertz CT molecular complexity index is 554. The van der Waals surface area contributed by atoms with Crippen molar-refractivity contribution in [3.63, 3.8) is 0 Å². The van der Waals surface area contributed by atoms with Crippen molar-refractivity contribution >= 4 is 74.8 Å². The van der Waals surface area contributed by atoms with Crippen molar-refractivity contribution < 1.29 is 5.11 Å². The van der Waals surface area contributed by atoms with Crippen molar-refractivity contribution in [2.24, 2.45) is 0 Å². The maximum atomic E-state index is 9.64. The Hall–Kier alpha value is 0.500. The molecule has 1 heterocycles. The molecule has 0 saturated carbocycles. The van der Waals surface area contributed by atoms with Crippen LogP contribution in [0.4, 0.5) is 0 Å². The molecular weight excluding hydrogens is 498 g/mol. The van der Waals surface area contributed by atoms with Crippen molar-refractivity contribution in [2.75, 3.05) is 0 Å². The lowest BCUT2D eigenvalue weighted by Gasteiger charge is -2.04. The van der Waals surface area contributed by atoms with Gasteiger partial charge in [0.05, 0.1) is 21.6 Å². The average Bonchev–Trinajstić information content (AvgIpc) is 2.77. The Morgan fingerprint density at radius 3 is 1.83 bits per heavy atom. The van der Waals surface area contributed by atoms with Gasteiger partial charge in [-0.1, -0.05) is 6.92 Å². The third-order valence-corrected chi connectivity index (χ3v) is 7.22. The fourth-order valence-corrected chi connectivity index (χ4v) is 3.68. The van der Waals surface area contributed by atoms with Crippen LogP contribution in [-0.2, 0) is 6.54 Å². The van der Waals surface area contributed by atoms with Crippen LogP contribution >= 0.6 is 63.7 Å². The number of aromatic nitrogens is 3. The van der Waals surface area contributed by atoms with Crippen molar-refractivity contribution in [1.29, 1.82) is 0 Å². The first kappa shape index (κ1) is 14.9. The second-order valence-electron chi connectivity index (χ2n) is 3.77. The van der Waals surface area contributed by atoms with E-state index < -0.39 is 6.10 Å². The molecule has 0 aliphatic carbocycles. The molecule has 18 heavy (non-hydrogen) atoms. The van der Waals surface area contributed by atoms with E-state index in [9.17, 15) is 5.11 Å². The molecule has 1 N–H and O–H groups in total. The molecule has 2 aromatic rings. The first-order valence-corrected chi connectivity index (χ1v) is 8.37. The standard InChI is InChI=1S/C10H9Br4N3O/c1-2-4(18)3-17-15-9-7(13)5(11)6(12)8(14)10(9)16-17/h4,18H,2-3H2,1H3/t4-/m1/s1. The van der Waals surface area contributed by atoms with Crippen LogP contribution in [0.5, 0.6) is 0 Å². The second-order valence-corrected chi connectivity index (χ2v) is 6.94. The molecule has 4 nitrogen and oxygen atoms in total. The van der Waals surface area contributed by atoms with E-state index in [0.29, 0.717) is 13.0 Å². The summed E-state index contributed by atoms with van der Waals surface area (Å²) < 4.78 is 3.43. The van der Waals surface area contributed by atoms with Crippen LogP contribution in [0, 0.1) is 0 Å². The van der Waals surface area contributed by atoms with Gasteiger partial charge in [0.1, 0.15) is 11.0 Å². The quantitative estimate of drug-likeness (QED) is 0.500. The summed E-state index contributed by atoms with van der Waals surface area (Å²) in [5.74, 6) is 0. The largest absolute Gasteiger partial charge is 0.391 e. The molecule has 8 heteroatoms. The maximum absolute atomic E-state index is 9.64. The normalized spacial score (nSPS) is 13.2. The molecule has 0 bridgehead atoms. The fraction of sp³-hybridized carbons (Fsp3) is 0.400. The molecule has 0 aliphatic rings. The minimum atomic E-state index is -0.434. The minimum absolute atomic E-state index is 0.388. The zero-order valence-corrected chi connectivity index (χ0v) is 15.6. The van der Waals surface area contributed by atoms with Crippen LogP contribution in [-0.4, -0.2) is 26.2 Å². The van der Waals surface area contributed by atoms with Gasteiger partial charge in [-0.3, -0.25) is 0 Å². The Kier molecular flexibility index (Phi) is 4.86. The predicted molar refractivity (Wildman–Crippen MR) is 84.6 cm³/mol. The number of halogens is 4. The van der Waals surface area contributed by atoms with Crippen molar-refractivity contribution in [3.05, 3.63) is 17.9 Å². The molecule has 0 unspecified atom stereocenters. The Morgan fingerprint density at radius 1 is 1.00 bits per heavy atom. The third kappa shape index (κ3) is 2.67. The summed E-state index contributed by atoms with van der Waals surface area (Å²) in [6.07, 6.45) is 0.240.